The first-order valence-corrected chi connectivity index (χ1v) is 9.01. The number of rotatable bonds is 4. The van der Waals surface area contributed by atoms with Crippen LogP contribution in [0.1, 0.15) is 37.7 Å². The second-order valence-electron chi connectivity index (χ2n) is 6.23. The Kier molecular flexibility index (Phi) is 5.04. The molecule has 1 aromatic rings. The summed E-state index contributed by atoms with van der Waals surface area (Å²) in [6.45, 7) is 2.11. The first kappa shape index (κ1) is 16.2. The molecule has 0 spiro atoms. The van der Waals surface area contributed by atoms with Gasteiger partial charge in [-0.25, -0.2) is 0 Å². The minimum atomic E-state index is -0.294. The smallest absolute Gasteiger partial charge is 0.106 e. The number of hydrogen-bond acceptors (Lipinski definition) is 4. The highest BCUT2D eigenvalue weighted by Gasteiger charge is 2.48. The lowest BCUT2D eigenvalue weighted by molar-refractivity contribution is 0.136. The molecule has 0 radical (unpaired) electrons. The Morgan fingerprint density at radius 3 is 2.73 bits per heavy atom. The molecule has 2 aliphatic rings. The zero-order valence-electron chi connectivity index (χ0n) is 13.0. The van der Waals surface area contributed by atoms with Gasteiger partial charge in [0.15, 0.2) is 0 Å². The summed E-state index contributed by atoms with van der Waals surface area (Å²) in [6.07, 6.45) is 2.43. The van der Waals surface area contributed by atoms with E-state index in [1.165, 1.54) is 9.13 Å². The molecule has 0 saturated carbocycles. The molecule has 0 amide bonds. The van der Waals surface area contributed by atoms with Crippen LogP contribution in [-0.2, 0) is 4.84 Å². The topological polar surface area (TPSA) is 53.8 Å². The Morgan fingerprint density at radius 2 is 2.09 bits per heavy atom. The van der Waals surface area contributed by atoms with Crippen LogP contribution >= 0.6 is 22.6 Å². The summed E-state index contributed by atoms with van der Waals surface area (Å²) in [6, 6.07) is 9.24. The van der Waals surface area contributed by atoms with E-state index in [1.54, 1.807) is 7.11 Å². The van der Waals surface area contributed by atoms with Crippen LogP contribution in [0.2, 0.25) is 0 Å². The maximum Gasteiger partial charge on any atom is 0.106 e. The summed E-state index contributed by atoms with van der Waals surface area (Å²) in [5.41, 5.74) is 2.39. The Balaban J connectivity index is 1.98. The molecule has 120 valence electrons. The Bertz CT molecular complexity index is 546. The lowest BCUT2D eigenvalue weighted by atomic mass is 9.73. The number of hydrogen-bond donors (Lipinski definition) is 2. The molecule has 5 atom stereocenters. The lowest BCUT2D eigenvalue weighted by Gasteiger charge is -2.38. The molecule has 4 nitrogen and oxygen atoms in total. The number of halogens is 1. The summed E-state index contributed by atoms with van der Waals surface area (Å²) >= 11 is 2.33. The predicted molar refractivity (Wildman–Crippen MR) is 96.1 cm³/mol. The molecule has 0 aliphatic carbocycles. The minimum absolute atomic E-state index is 0.0804. The molecule has 3 rings (SSSR count). The van der Waals surface area contributed by atoms with E-state index in [-0.39, 0.29) is 18.1 Å². The van der Waals surface area contributed by atoms with Crippen molar-refractivity contribution in [3.8, 4) is 0 Å². The van der Waals surface area contributed by atoms with Crippen molar-refractivity contribution >= 4 is 28.3 Å². The first-order valence-electron chi connectivity index (χ1n) is 7.93. The summed E-state index contributed by atoms with van der Waals surface area (Å²) in [5.74, 6) is 0.581. The van der Waals surface area contributed by atoms with Gasteiger partial charge in [0.25, 0.3) is 0 Å². The van der Waals surface area contributed by atoms with Crippen molar-refractivity contribution in [3.05, 3.63) is 33.4 Å². The molecule has 2 fully saturated rings. The van der Waals surface area contributed by atoms with Gasteiger partial charge in [-0.2, -0.15) is 0 Å². The molecule has 2 unspecified atom stereocenters. The maximum absolute atomic E-state index is 10.4. The largest absolute Gasteiger partial charge is 0.399 e. The van der Waals surface area contributed by atoms with Crippen LogP contribution in [0.5, 0.6) is 0 Å². The predicted octanol–water partition coefficient (Wildman–Crippen LogP) is 2.90. The summed E-state index contributed by atoms with van der Waals surface area (Å²) < 4.78 is 1.25. The second-order valence-corrected chi connectivity index (χ2v) is 7.48. The highest BCUT2D eigenvalue weighted by Crippen LogP contribution is 2.43. The van der Waals surface area contributed by atoms with Crippen LogP contribution in [0, 0.1) is 9.49 Å². The number of oxime groups is 1. The molecule has 2 saturated heterocycles. The van der Waals surface area contributed by atoms with Crippen molar-refractivity contribution in [2.75, 3.05) is 7.11 Å². The van der Waals surface area contributed by atoms with Gasteiger partial charge in [-0.1, -0.05) is 24.2 Å². The zero-order valence-corrected chi connectivity index (χ0v) is 15.2. The van der Waals surface area contributed by atoms with E-state index in [0.29, 0.717) is 12.0 Å². The van der Waals surface area contributed by atoms with Crippen molar-refractivity contribution in [1.29, 1.82) is 0 Å². The van der Waals surface area contributed by atoms with E-state index in [1.807, 2.05) is 0 Å². The molecule has 2 aliphatic heterocycles. The Labute approximate surface area is 145 Å². The van der Waals surface area contributed by atoms with Gasteiger partial charge in [-0.3, -0.25) is 0 Å². The number of fused-ring (bicyclic) bond motifs is 2. The Morgan fingerprint density at radius 1 is 1.36 bits per heavy atom. The van der Waals surface area contributed by atoms with E-state index in [0.717, 1.165) is 25.0 Å². The molecular weight excluding hydrogens is 391 g/mol. The number of aliphatic hydroxyl groups is 1. The van der Waals surface area contributed by atoms with E-state index in [4.69, 9.17) is 4.84 Å². The highest BCUT2D eigenvalue weighted by atomic mass is 127. The van der Waals surface area contributed by atoms with E-state index in [9.17, 15) is 5.11 Å². The summed E-state index contributed by atoms with van der Waals surface area (Å²) in [4.78, 5) is 5.07. The molecule has 1 aromatic carbocycles. The summed E-state index contributed by atoms with van der Waals surface area (Å²) in [5, 5.41) is 18.3. The van der Waals surface area contributed by atoms with Crippen LogP contribution in [0.3, 0.4) is 0 Å². The first-order chi connectivity index (χ1) is 10.6. The molecule has 2 bridgehead atoms. The van der Waals surface area contributed by atoms with Crippen molar-refractivity contribution in [3.63, 3.8) is 0 Å². The van der Waals surface area contributed by atoms with E-state index < -0.39 is 0 Å². The molecule has 0 aromatic heterocycles. The fourth-order valence-corrected chi connectivity index (χ4v) is 4.43. The van der Waals surface area contributed by atoms with Gasteiger partial charge in [-0.05, 0) is 65.5 Å². The van der Waals surface area contributed by atoms with Gasteiger partial charge in [0.05, 0.1) is 11.8 Å². The number of nitrogens with zero attached hydrogens (tertiary/aromatic N) is 1. The third kappa shape index (κ3) is 3.03. The van der Waals surface area contributed by atoms with Crippen LogP contribution in [0.25, 0.3) is 0 Å². The normalized spacial score (nSPS) is 34.7. The van der Waals surface area contributed by atoms with Crippen LogP contribution in [-0.4, -0.2) is 36.1 Å². The van der Waals surface area contributed by atoms with E-state index in [2.05, 4.69) is 64.3 Å². The highest BCUT2D eigenvalue weighted by molar-refractivity contribution is 14.1. The van der Waals surface area contributed by atoms with Gasteiger partial charge in [0, 0.05) is 21.6 Å². The maximum atomic E-state index is 10.4. The Hall–Kier alpha value is -0.660. The van der Waals surface area contributed by atoms with Gasteiger partial charge in [0.2, 0.25) is 0 Å². The van der Waals surface area contributed by atoms with Crippen molar-refractivity contribution < 1.29 is 9.94 Å². The molecule has 5 heteroatoms. The fourth-order valence-electron chi connectivity index (χ4n) is 4.07. The SMILES string of the molecule is CCC(=NOC)[C@@H]1[C@@H]2NC(CC2O)C[C@H]1c1ccc(I)cc1. The third-order valence-corrected chi connectivity index (χ3v) is 5.70. The van der Waals surface area contributed by atoms with Crippen LogP contribution in [0.4, 0.5) is 0 Å². The monoisotopic (exact) mass is 414 g/mol. The summed E-state index contributed by atoms with van der Waals surface area (Å²) in [7, 11) is 1.60. The average molecular weight is 414 g/mol. The molecular formula is C17H23IN2O2. The molecule has 22 heavy (non-hydrogen) atoms. The molecule has 2 heterocycles. The lowest BCUT2D eigenvalue weighted by Crippen LogP contribution is -2.50. The minimum Gasteiger partial charge on any atom is -0.399 e. The number of piperidine rings is 1. The number of aliphatic hydroxyl groups excluding tert-OH is 1. The third-order valence-electron chi connectivity index (χ3n) is 4.98. The van der Waals surface area contributed by atoms with Crippen LogP contribution < -0.4 is 5.32 Å². The number of nitrogens with one attached hydrogen (secondary N) is 1. The van der Waals surface area contributed by atoms with Gasteiger partial charge in [-0.15, -0.1) is 0 Å². The van der Waals surface area contributed by atoms with Gasteiger partial charge >= 0.3 is 0 Å². The van der Waals surface area contributed by atoms with Crippen molar-refractivity contribution in [2.24, 2.45) is 11.1 Å². The van der Waals surface area contributed by atoms with Gasteiger partial charge < -0.3 is 15.3 Å². The quantitative estimate of drug-likeness (QED) is 0.453. The number of benzene rings is 1. The average Bonchev–Trinajstić information content (AvgIpc) is 2.81. The second kappa shape index (κ2) is 6.84. The fraction of sp³-hybridized carbons (Fsp3) is 0.588. The standard InChI is InChI=1S/C17H23IN2O2/c1-3-14(20-22-2)16-13(10-4-6-11(18)7-5-10)8-12-9-15(21)17(16)19-12/h4-7,12-13,15-17,19,21H,3,8-9H2,1-2H3/t12?,13-,15?,16+,17+/m0/s1. The molecule has 2 N–H and O–H groups in total. The zero-order chi connectivity index (χ0) is 15.7. The van der Waals surface area contributed by atoms with E-state index >= 15 is 0 Å². The van der Waals surface area contributed by atoms with Crippen LogP contribution in [0.15, 0.2) is 29.4 Å². The van der Waals surface area contributed by atoms with Gasteiger partial charge in [0.1, 0.15) is 7.11 Å². The van der Waals surface area contributed by atoms with Crippen molar-refractivity contribution in [1.82, 2.24) is 5.32 Å². The van der Waals surface area contributed by atoms with Crippen molar-refractivity contribution in [2.45, 2.75) is 50.3 Å².